The lowest BCUT2D eigenvalue weighted by Gasteiger charge is -2.66. The Kier molecular flexibility index (Phi) is 6.26. The molecule has 5 aliphatic rings. The molecular weight excluding hydrogens is 440 g/mol. The van der Waals surface area contributed by atoms with Crippen LogP contribution in [0, 0.1) is 34.0 Å². The molecule has 8 nitrogen and oxygen atoms in total. The Bertz CT molecular complexity index is 804. The highest BCUT2D eigenvalue weighted by Gasteiger charge is 2.68. The van der Waals surface area contributed by atoms with Crippen LogP contribution in [0.15, 0.2) is 12.2 Å². The molecule has 1 spiro atoms. The van der Waals surface area contributed by atoms with Crippen LogP contribution in [0.3, 0.4) is 0 Å². The van der Waals surface area contributed by atoms with Gasteiger partial charge in [0.1, 0.15) is 24.4 Å². The second kappa shape index (κ2) is 8.48. The summed E-state index contributed by atoms with van der Waals surface area (Å²) in [5.41, 5.74) is 0.216. The Morgan fingerprint density at radius 1 is 0.941 bits per heavy atom. The van der Waals surface area contributed by atoms with E-state index in [0.717, 1.165) is 44.1 Å². The maximum atomic E-state index is 11.3. The summed E-state index contributed by atoms with van der Waals surface area (Å²) in [6, 6.07) is 0. The molecule has 5 fully saturated rings. The van der Waals surface area contributed by atoms with Crippen molar-refractivity contribution < 1.29 is 40.1 Å². The Morgan fingerprint density at radius 2 is 1.68 bits per heavy atom. The molecule has 34 heavy (non-hydrogen) atoms. The predicted molar refractivity (Wildman–Crippen MR) is 122 cm³/mol. The van der Waals surface area contributed by atoms with E-state index in [4.69, 9.17) is 9.47 Å². The highest BCUT2D eigenvalue weighted by Crippen LogP contribution is 2.72. The fourth-order valence-corrected chi connectivity index (χ4v) is 9.16. The van der Waals surface area contributed by atoms with Gasteiger partial charge >= 0.3 is 0 Å². The summed E-state index contributed by atoms with van der Waals surface area (Å²) in [5, 5.41) is 62.3. The van der Waals surface area contributed by atoms with Crippen molar-refractivity contribution in [2.75, 3.05) is 13.2 Å². The average molecular weight is 483 g/mol. The van der Waals surface area contributed by atoms with Gasteiger partial charge < -0.3 is 40.1 Å². The molecule has 0 aromatic heterocycles. The van der Waals surface area contributed by atoms with Crippen molar-refractivity contribution in [1.29, 1.82) is 0 Å². The van der Waals surface area contributed by atoms with Gasteiger partial charge in [-0.05, 0) is 73.7 Å². The number of fused-ring (bicyclic) bond motifs is 3. The summed E-state index contributed by atoms with van der Waals surface area (Å²) < 4.78 is 11.9. The zero-order valence-electron chi connectivity index (χ0n) is 20.3. The zero-order chi connectivity index (χ0) is 24.6. The molecule has 5 rings (SSSR count). The van der Waals surface area contributed by atoms with E-state index in [1.54, 1.807) is 0 Å². The largest absolute Gasteiger partial charge is 0.396 e. The first-order chi connectivity index (χ1) is 16.0. The van der Waals surface area contributed by atoms with E-state index in [2.05, 4.69) is 13.5 Å². The second-order valence-electron chi connectivity index (χ2n) is 12.4. The molecule has 1 heterocycles. The Labute approximate surface area is 201 Å². The van der Waals surface area contributed by atoms with Crippen molar-refractivity contribution in [2.45, 2.75) is 102 Å². The van der Waals surface area contributed by atoms with Gasteiger partial charge in [-0.1, -0.05) is 20.4 Å². The molecule has 1 saturated heterocycles. The van der Waals surface area contributed by atoms with Crippen LogP contribution in [0.4, 0.5) is 0 Å². The molecule has 2 bridgehead atoms. The molecule has 0 unspecified atom stereocenters. The average Bonchev–Trinajstić information content (AvgIpc) is 3.00. The summed E-state index contributed by atoms with van der Waals surface area (Å²) in [6.07, 6.45) is -1.08. The van der Waals surface area contributed by atoms with Crippen molar-refractivity contribution in [2.24, 2.45) is 34.0 Å². The van der Waals surface area contributed by atoms with Gasteiger partial charge in [0.05, 0.1) is 25.4 Å². The van der Waals surface area contributed by atoms with Gasteiger partial charge in [-0.25, -0.2) is 0 Å². The van der Waals surface area contributed by atoms with Crippen LogP contribution in [0.1, 0.15) is 58.8 Å². The van der Waals surface area contributed by atoms with Gasteiger partial charge in [0.15, 0.2) is 6.29 Å². The lowest BCUT2D eigenvalue weighted by atomic mass is 9.40. The first-order valence-corrected chi connectivity index (χ1v) is 13.0. The van der Waals surface area contributed by atoms with Gasteiger partial charge in [-0.15, -0.1) is 0 Å². The minimum absolute atomic E-state index is 0.0679. The van der Waals surface area contributed by atoms with Gasteiger partial charge in [0.25, 0.3) is 0 Å². The maximum Gasteiger partial charge on any atom is 0.186 e. The zero-order valence-corrected chi connectivity index (χ0v) is 20.3. The Hall–Kier alpha value is -0.580. The van der Waals surface area contributed by atoms with Crippen LogP contribution in [0.25, 0.3) is 0 Å². The summed E-state index contributed by atoms with van der Waals surface area (Å²) in [7, 11) is 0. The van der Waals surface area contributed by atoms with E-state index in [-0.39, 0.29) is 23.4 Å². The maximum absolute atomic E-state index is 11.3. The van der Waals surface area contributed by atoms with Crippen molar-refractivity contribution in [3.05, 3.63) is 12.2 Å². The fourth-order valence-electron chi connectivity index (χ4n) is 9.16. The predicted octanol–water partition coefficient (Wildman–Crippen LogP) is 0.714. The van der Waals surface area contributed by atoms with Crippen LogP contribution >= 0.6 is 0 Å². The molecule has 6 N–H and O–H groups in total. The van der Waals surface area contributed by atoms with Gasteiger partial charge in [0.2, 0.25) is 0 Å². The summed E-state index contributed by atoms with van der Waals surface area (Å²) >= 11 is 0. The highest BCUT2D eigenvalue weighted by molar-refractivity contribution is 5.27. The number of rotatable bonds is 4. The van der Waals surface area contributed by atoms with Gasteiger partial charge in [0, 0.05) is 10.8 Å². The third kappa shape index (κ3) is 3.26. The van der Waals surface area contributed by atoms with Crippen LogP contribution in [0.2, 0.25) is 0 Å². The third-order valence-electron chi connectivity index (χ3n) is 11.0. The lowest BCUT2D eigenvalue weighted by Crippen LogP contribution is -2.65. The van der Waals surface area contributed by atoms with Gasteiger partial charge in [-0.3, -0.25) is 0 Å². The molecule has 194 valence electrons. The van der Waals surface area contributed by atoms with E-state index in [1.807, 2.05) is 6.92 Å². The van der Waals surface area contributed by atoms with Crippen LogP contribution in [-0.4, -0.2) is 86.8 Å². The molecule has 13 atom stereocenters. The van der Waals surface area contributed by atoms with Crippen molar-refractivity contribution >= 4 is 0 Å². The number of ether oxygens (including phenoxy) is 2. The molecule has 4 aliphatic carbocycles. The number of aliphatic hydroxyl groups is 6. The first kappa shape index (κ1) is 25.1. The van der Waals surface area contributed by atoms with E-state index >= 15 is 0 Å². The molecule has 0 amide bonds. The molecule has 4 saturated carbocycles. The van der Waals surface area contributed by atoms with E-state index in [0.29, 0.717) is 18.3 Å². The van der Waals surface area contributed by atoms with Crippen LogP contribution in [0.5, 0.6) is 0 Å². The van der Waals surface area contributed by atoms with Crippen LogP contribution < -0.4 is 0 Å². The van der Waals surface area contributed by atoms with Crippen LogP contribution in [-0.2, 0) is 9.47 Å². The minimum Gasteiger partial charge on any atom is -0.396 e. The highest BCUT2D eigenvalue weighted by atomic mass is 16.7. The summed E-state index contributed by atoms with van der Waals surface area (Å²) in [4.78, 5) is 0. The molecule has 8 heteroatoms. The molecular formula is C26H42O8. The molecule has 0 aromatic rings. The SMILES string of the molecule is C=C1[C@@H]2CC[C@H]3[C@]4(C)CC[C@@H](O[C@@H]5O[C@H](CO)[C@@H](O)[C@H](O)[C@H]5O)[C@](C)(CO)[C@H]4CC[C@]3(C2)[C@H]1O. The lowest BCUT2D eigenvalue weighted by molar-refractivity contribution is -0.333. The quantitative estimate of drug-likeness (QED) is 0.254. The molecule has 0 radical (unpaired) electrons. The number of hydrogen-bond donors (Lipinski definition) is 6. The first-order valence-electron chi connectivity index (χ1n) is 13.0. The van der Waals surface area contributed by atoms with Crippen molar-refractivity contribution in [3.8, 4) is 0 Å². The van der Waals surface area contributed by atoms with Crippen molar-refractivity contribution in [3.63, 3.8) is 0 Å². The van der Waals surface area contributed by atoms with E-state index in [1.165, 1.54) is 0 Å². The third-order valence-corrected chi connectivity index (χ3v) is 11.0. The minimum atomic E-state index is -1.49. The second-order valence-corrected chi connectivity index (χ2v) is 12.4. The van der Waals surface area contributed by atoms with E-state index < -0.39 is 54.9 Å². The molecule has 1 aliphatic heterocycles. The summed E-state index contributed by atoms with van der Waals surface area (Å²) in [6.45, 7) is 8.01. The van der Waals surface area contributed by atoms with Gasteiger partial charge in [-0.2, -0.15) is 0 Å². The molecule has 0 aromatic carbocycles. The smallest absolute Gasteiger partial charge is 0.186 e. The monoisotopic (exact) mass is 482 g/mol. The number of hydrogen-bond acceptors (Lipinski definition) is 8. The Balaban J connectivity index is 1.40. The normalized spacial score (nSPS) is 57.2. The standard InChI is InChI=1S/C26H42O8/c1-13-14-4-5-17-24(2)8-7-18(34-23-21(31)20(30)19(29)15(11-27)33-23)25(3,12-28)16(24)6-9-26(17,10-14)22(13)32/h14-23,27-32H,1,4-12H2,2-3H3/t14-,15-,16+,17+,18-,19-,20+,21-,22+,23+,24-,25-,26-/m1/s1. The van der Waals surface area contributed by atoms with Crippen molar-refractivity contribution in [1.82, 2.24) is 0 Å². The summed E-state index contributed by atoms with van der Waals surface area (Å²) in [5.74, 6) is 0.923. The fraction of sp³-hybridized carbons (Fsp3) is 0.923. The Morgan fingerprint density at radius 3 is 2.35 bits per heavy atom. The number of aliphatic hydroxyl groups excluding tert-OH is 6. The van der Waals surface area contributed by atoms with E-state index in [9.17, 15) is 30.6 Å². The topological polar surface area (TPSA) is 140 Å².